The summed E-state index contributed by atoms with van der Waals surface area (Å²) >= 11 is 0. The molecule has 1 atom stereocenters. The molecule has 1 aliphatic heterocycles. The van der Waals surface area contributed by atoms with Gasteiger partial charge in [-0.3, -0.25) is 4.79 Å². The Kier molecular flexibility index (Phi) is 6.91. The first-order chi connectivity index (χ1) is 9.32. The molecule has 1 heterocycles. The second kappa shape index (κ2) is 7.95. The van der Waals surface area contributed by atoms with Crippen LogP contribution >= 0.6 is 0 Å². The molecular weight excluding hydrogens is 280 g/mol. The molecule has 1 fully saturated rings. The number of hydrogen-bond donors (Lipinski definition) is 0. The van der Waals surface area contributed by atoms with Gasteiger partial charge in [0.15, 0.2) is 0 Å². The predicted octanol–water partition coefficient (Wildman–Crippen LogP) is 0.543. The molecule has 1 saturated heterocycles. The first kappa shape index (κ1) is 17.4. The summed E-state index contributed by atoms with van der Waals surface area (Å²) in [7, 11) is 0.335. The van der Waals surface area contributed by atoms with Crippen molar-refractivity contribution in [2.24, 2.45) is 5.92 Å². The minimum Gasteiger partial charge on any atom is -0.469 e. The zero-order valence-electron chi connectivity index (χ0n) is 12.7. The third-order valence-corrected chi connectivity index (χ3v) is 4.94. The Balaban J connectivity index is 2.31. The van der Waals surface area contributed by atoms with Crippen molar-refractivity contribution in [2.45, 2.75) is 25.7 Å². The second-order valence-electron chi connectivity index (χ2n) is 5.57. The molecule has 0 spiro atoms. The Morgan fingerprint density at radius 1 is 1.45 bits per heavy atom. The van der Waals surface area contributed by atoms with Crippen LogP contribution in [0.1, 0.15) is 25.7 Å². The van der Waals surface area contributed by atoms with Gasteiger partial charge >= 0.3 is 5.97 Å². The number of ether oxygens (including phenoxy) is 1. The van der Waals surface area contributed by atoms with Gasteiger partial charge < -0.3 is 9.64 Å². The second-order valence-corrected chi connectivity index (χ2v) is 7.55. The summed E-state index contributed by atoms with van der Waals surface area (Å²) < 4.78 is 29.3. The normalized spacial score (nSPS) is 21.1. The summed E-state index contributed by atoms with van der Waals surface area (Å²) in [5, 5.41) is 0. The molecule has 0 aliphatic carbocycles. The van der Waals surface area contributed by atoms with E-state index >= 15 is 0 Å². The average Bonchev–Trinajstić information content (AvgIpc) is 2.37. The molecule has 6 nitrogen and oxygen atoms in total. The average molecular weight is 306 g/mol. The number of hydrogen-bond acceptors (Lipinski definition) is 5. The van der Waals surface area contributed by atoms with Gasteiger partial charge in [-0.15, -0.1) is 0 Å². The van der Waals surface area contributed by atoms with E-state index in [4.69, 9.17) is 0 Å². The molecule has 118 valence electrons. The van der Waals surface area contributed by atoms with Gasteiger partial charge in [0.2, 0.25) is 10.0 Å². The number of piperidine rings is 1. The molecule has 0 saturated carbocycles. The highest BCUT2D eigenvalue weighted by molar-refractivity contribution is 7.88. The van der Waals surface area contributed by atoms with E-state index in [2.05, 4.69) is 9.64 Å². The first-order valence-electron chi connectivity index (χ1n) is 7.03. The van der Waals surface area contributed by atoms with Crippen LogP contribution in [0.2, 0.25) is 0 Å². The predicted molar refractivity (Wildman–Crippen MR) is 77.9 cm³/mol. The van der Waals surface area contributed by atoms with Crippen LogP contribution in [-0.2, 0) is 19.6 Å². The third kappa shape index (κ3) is 6.19. The zero-order valence-corrected chi connectivity index (χ0v) is 13.5. The van der Waals surface area contributed by atoms with Crippen molar-refractivity contribution in [3.63, 3.8) is 0 Å². The van der Waals surface area contributed by atoms with E-state index in [1.54, 1.807) is 4.31 Å². The van der Waals surface area contributed by atoms with Crippen LogP contribution in [-0.4, -0.2) is 70.2 Å². The van der Waals surface area contributed by atoms with Crippen molar-refractivity contribution in [2.75, 3.05) is 46.6 Å². The molecule has 0 bridgehead atoms. The molecule has 0 N–H and O–H groups in total. The molecule has 0 radical (unpaired) electrons. The maximum atomic E-state index is 11.6. The lowest BCUT2D eigenvalue weighted by atomic mass is 9.99. The van der Waals surface area contributed by atoms with E-state index in [0.717, 1.165) is 32.4 Å². The van der Waals surface area contributed by atoms with Gasteiger partial charge in [0.25, 0.3) is 0 Å². The van der Waals surface area contributed by atoms with Crippen LogP contribution in [0, 0.1) is 5.92 Å². The van der Waals surface area contributed by atoms with E-state index in [1.165, 1.54) is 13.4 Å². The minimum atomic E-state index is -3.07. The fourth-order valence-electron chi connectivity index (χ4n) is 2.60. The molecule has 0 amide bonds. The number of rotatable bonds is 7. The topological polar surface area (TPSA) is 66.9 Å². The van der Waals surface area contributed by atoms with Gasteiger partial charge in [-0.1, -0.05) is 0 Å². The van der Waals surface area contributed by atoms with Crippen LogP contribution in [0.5, 0.6) is 0 Å². The van der Waals surface area contributed by atoms with Crippen LogP contribution < -0.4 is 0 Å². The molecule has 20 heavy (non-hydrogen) atoms. The highest BCUT2D eigenvalue weighted by Crippen LogP contribution is 2.19. The molecule has 0 aromatic rings. The summed E-state index contributed by atoms with van der Waals surface area (Å²) in [5.74, 6) is 0.195. The standard InChI is InChI=1S/C13H26N2O4S/c1-14(8-5-7-13(16)19-2)10-12-6-4-9-15(11-12)20(3,17)18/h12H,4-11H2,1-3H3. The Morgan fingerprint density at radius 3 is 2.75 bits per heavy atom. The summed E-state index contributed by atoms with van der Waals surface area (Å²) in [6.45, 7) is 2.94. The van der Waals surface area contributed by atoms with Gasteiger partial charge in [-0.05, 0) is 38.8 Å². The Labute approximate surface area is 122 Å². The van der Waals surface area contributed by atoms with E-state index in [9.17, 15) is 13.2 Å². The molecular formula is C13H26N2O4S. The van der Waals surface area contributed by atoms with Gasteiger partial charge in [-0.25, -0.2) is 12.7 Å². The monoisotopic (exact) mass is 306 g/mol. The molecule has 1 rings (SSSR count). The van der Waals surface area contributed by atoms with Gasteiger partial charge in [0.1, 0.15) is 0 Å². The van der Waals surface area contributed by atoms with Crippen LogP contribution in [0.4, 0.5) is 0 Å². The van der Waals surface area contributed by atoms with Gasteiger partial charge in [0, 0.05) is 26.1 Å². The highest BCUT2D eigenvalue weighted by atomic mass is 32.2. The van der Waals surface area contributed by atoms with Gasteiger partial charge in [0.05, 0.1) is 13.4 Å². The summed E-state index contributed by atoms with van der Waals surface area (Å²) in [6, 6.07) is 0. The number of sulfonamides is 1. The summed E-state index contributed by atoms with van der Waals surface area (Å²) in [6.07, 6.45) is 4.46. The van der Waals surface area contributed by atoms with E-state index in [0.29, 0.717) is 25.4 Å². The van der Waals surface area contributed by atoms with Crippen LogP contribution in [0.3, 0.4) is 0 Å². The number of methoxy groups -OCH3 is 1. The molecule has 0 aromatic heterocycles. The van der Waals surface area contributed by atoms with Crippen molar-refractivity contribution in [1.29, 1.82) is 0 Å². The number of carbonyl (C=O) groups is 1. The zero-order chi connectivity index (χ0) is 15.2. The number of nitrogens with zero attached hydrogens (tertiary/aromatic N) is 2. The maximum absolute atomic E-state index is 11.6. The van der Waals surface area contributed by atoms with Crippen molar-refractivity contribution >= 4 is 16.0 Å². The molecule has 7 heteroatoms. The minimum absolute atomic E-state index is 0.181. The smallest absolute Gasteiger partial charge is 0.305 e. The Hall–Kier alpha value is -0.660. The highest BCUT2D eigenvalue weighted by Gasteiger charge is 2.26. The SMILES string of the molecule is COC(=O)CCCN(C)CC1CCCN(S(C)(=O)=O)C1. The number of carbonyl (C=O) groups excluding carboxylic acids is 1. The quantitative estimate of drug-likeness (QED) is 0.642. The van der Waals surface area contributed by atoms with Crippen molar-refractivity contribution in [3.05, 3.63) is 0 Å². The maximum Gasteiger partial charge on any atom is 0.305 e. The molecule has 1 aliphatic rings. The number of esters is 1. The van der Waals surface area contributed by atoms with Gasteiger partial charge in [-0.2, -0.15) is 0 Å². The molecule has 1 unspecified atom stereocenters. The van der Waals surface area contributed by atoms with E-state index in [-0.39, 0.29) is 5.97 Å². The van der Waals surface area contributed by atoms with E-state index in [1.807, 2.05) is 7.05 Å². The summed E-state index contributed by atoms with van der Waals surface area (Å²) in [5.41, 5.74) is 0. The van der Waals surface area contributed by atoms with Crippen molar-refractivity contribution < 1.29 is 17.9 Å². The van der Waals surface area contributed by atoms with Crippen LogP contribution in [0.15, 0.2) is 0 Å². The van der Waals surface area contributed by atoms with Crippen LogP contribution in [0.25, 0.3) is 0 Å². The lowest BCUT2D eigenvalue weighted by Gasteiger charge is -2.33. The Morgan fingerprint density at radius 2 is 2.15 bits per heavy atom. The lowest BCUT2D eigenvalue weighted by Crippen LogP contribution is -2.42. The fraction of sp³-hybridized carbons (Fsp3) is 0.923. The lowest BCUT2D eigenvalue weighted by molar-refractivity contribution is -0.140. The first-order valence-corrected chi connectivity index (χ1v) is 8.88. The van der Waals surface area contributed by atoms with Crippen molar-refractivity contribution in [1.82, 2.24) is 9.21 Å². The molecule has 0 aromatic carbocycles. The third-order valence-electron chi connectivity index (χ3n) is 3.67. The summed E-state index contributed by atoms with van der Waals surface area (Å²) in [4.78, 5) is 13.2. The van der Waals surface area contributed by atoms with E-state index < -0.39 is 10.0 Å². The van der Waals surface area contributed by atoms with Crippen molar-refractivity contribution in [3.8, 4) is 0 Å². The Bertz CT molecular complexity index is 411. The largest absolute Gasteiger partial charge is 0.469 e. The fourth-order valence-corrected chi connectivity index (χ4v) is 3.55.